The van der Waals surface area contributed by atoms with Crippen LogP contribution in [0.2, 0.25) is 5.02 Å². The van der Waals surface area contributed by atoms with Gasteiger partial charge in [-0.3, -0.25) is 9.59 Å². The minimum absolute atomic E-state index is 0.101. The maximum Gasteiger partial charge on any atom is 0.251 e. The van der Waals surface area contributed by atoms with Crippen LogP contribution in [0, 0.1) is 0 Å². The molecule has 3 atom stereocenters. The molecule has 0 saturated carbocycles. The highest BCUT2D eigenvalue weighted by molar-refractivity contribution is 6.30. The minimum Gasteiger partial charge on any atom is -0.454 e. The van der Waals surface area contributed by atoms with Crippen LogP contribution in [0.15, 0.2) is 54.6 Å². The van der Waals surface area contributed by atoms with Crippen LogP contribution in [0.1, 0.15) is 22.3 Å². The van der Waals surface area contributed by atoms with E-state index in [1.54, 1.807) is 42.5 Å². The second-order valence-corrected chi connectivity index (χ2v) is 7.89. The van der Waals surface area contributed by atoms with Crippen LogP contribution in [0.3, 0.4) is 0 Å². The van der Waals surface area contributed by atoms with E-state index in [9.17, 15) is 14.7 Å². The van der Waals surface area contributed by atoms with Crippen LogP contribution in [0.25, 0.3) is 0 Å². The second kappa shape index (κ2) is 10.0. The summed E-state index contributed by atoms with van der Waals surface area (Å²) in [5.41, 5.74) is 1.34. The number of halogens is 1. The Kier molecular flexibility index (Phi) is 6.94. The molecule has 0 aromatic heterocycles. The van der Waals surface area contributed by atoms with Gasteiger partial charge >= 0.3 is 0 Å². The molecule has 4 rings (SSSR count). The van der Waals surface area contributed by atoms with Crippen molar-refractivity contribution in [2.75, 3.05) is 13.4 Å². The molecule has 0 spiro atoms. The standard InChI is InChI=1S/C23H23ClN2O6/c24-16-4-1-14(2-5-16)11-25-22(28)10-17-6-7-18(21(12-27)32-17)26-23(29)15-3-8-19-20(9-15)31-13-30-19/h1-9,17-18,21,27H,10-13H2,(H,25,28)(H,26,29)/t17-,18-,21-/m0/s1. The fourth-order valence-corrected chi connectivity index (χ4v) is 3.59. The molecular weight excluding hydrogens is 436 g/mol. The van der Waals surface area contributed by atoms with E-state index in [-0.39, 0.29) is 31.6 Å². The number of nitrogens with one attached hydrogen (secondary N) is 2. The fourth-order valence-electron chi connectivity index (χ4n) is 3.47. The highest BCUT2D eigenvalue weighted by Gasteiger charge is 2.29. The zero-order valence-electron chi connectivity index (χ0n) is 17.1. The normalized spacial score (nSPS) is 21.2. The Balaban J connectivity index is 1.30. The first-order chi connectivity index (χ1) is 15.5. The molecular formula is C23H23ClN2O6. The van der Waals surface area contributed by atoms with Gasteiger partial charge in [0.2, 0.25) is 12.7 Å². The van der Waals surface area contributed by atoms with Gasteiger partial charge in [0.1, 0.15) is 6.10 Å². The molecule has 0 aliphatic carbocycles. The van der Waals surface area contributed by atoms with E-state index in [4.69, 9.17) is 25.8 Å². The third kappa shape index (κ3) is 5.40. The third-order valence-electron chi connectivity index (χ3n) is 5.19. The number of hydrogen-bond acceptors (Lipinski definition) is 6. The van der Waals surface area contributed by atoms with E-state index in [2.05, 4.69) is 10.6 Å². The molecule has 2 aliphatic heterocycles. The van der Waals surface area contributed by atoms with Crippen LogP contribution in [-0.4, -0.2) is 48.6 Å². The maximum atomic E-state index is 12.6. The summed E-state index contributed by atoms with van der Waals surface area (Å²) in [6.07, 6.45) is 2.39. The largest absolute Gasteiger partial charge is 0.454 e. The summed E-state index contributed by atoms with van der Waals surface area (Å²) >= 11 is 5.86. The lowest BCUT2D eigenvalue weighted by Gasteiger charge is -2.31. The number of ether oxygens (including phenoxy) is 3. The molecule has 3 N–H and O–H groups in total. The molecule has 0 unspecified atom stereocenters. The van der Waals surface area contributed by atoms with E-state index >= 15 is 0 Å². The first kappa shape index (κ1) is 22.1. The predicted octanol–water partition coefficient (Wildman–Crippen LogP) is 2.19. The summed E-state index contributed by atoms with van der Waals surface area (Å²) < 4.78 is 16.4. The van der Waals surface area contributed by atoms with Gasteiger partial charge in [0.15, 0.2) is 11.5 Å². The fraction of sp³-hybridized carbons (Fsp3) is 0.304. The van der Waals surface area contributed by atoms with Gasteiger partial charge in [0, 0.05) is 17.1 Å². The maximum absolute atomic E-state index is 12.6. The number of amides is 2. The van der Waals surface area contributed by atoms with Crippen molar-refractivity contribution < 1.29 is 28.9 Å². The van der Waals surface area contributed by atoms with Crippen LogP contribution >= 0.6 is 11.6 Å². The Bertz CT molecular complexity index is 1010. The van der Waals surface area contributed by atoms with E-state index in [1.165, 1.54) is 0 Å². The molecule has 32 heavy (non-hydrogen) atoms. The number of carbonyl (C=O) groups excluding carboxylic acids is 2. The molecule has 0 bridgehead atoms. The molecule has 2 aromatic carbocycles. The lowest BCUT2D eigenvalue weighted by Crippen LogP contribution is -2.49. The Morgan fingerprint density at radius 2 is 1.84 bits per heavy atom. The van der Waals surface area contributed by atoms with Crippen molar-refractivity contribution in [3.63, 3.8) is 0 Å². The van der Waals surface area contributed by atoms with Gasteiger partial charge in [-0.15, -0.1) is 0 Å². The molecule has 8 nitrogen and oxygen atoms in total. The van der Waals surface area contributed by atoms with Gasteiger partial charge in [-0.05, 0) is 35.9 Å². The van der Waals surface area contributed by atoms with Crippen molar-refractivity contribution in [1.82, 2.24) is 10.6 Å². The summed E-state index contributed by atoms with van der Waals surface area (Å²) in [5.74, 6) is 0.581. The molecule has 0 radical (unpaired) electrons. The van der Waals surface area contributed by atoms with E-state index in [0.717, 1.165) is 5.56 Å². The van der Waals surface area contributed by atoms with Gasteiger partial charge in [-0.1, -0.05) is 35.9 Å². The quantitative estimate of drug-likeness (QED) is 0.549. The Hall–Kier alpha value is -3.07. The SMILES string of the molecule is O=C(C[C@@H]1C=C[C@H](NC(=O)c2ccc3c(c2)OCO3)[C@H](CO)O1)NCc1ccc(Cl)cc1. The van der Waals surface area contributed by atoms with Crippen molar-refractivity contribution in [3.05, 3.63) is 70.8 Å². The van der Waals surface area contributed by atoms with E-state index in [0.29, 0.717) is 28.6 Å². The average Bonchev–Trinajstić information content (AvgIpc) is 3.27. The third-order valence-corrected chi connectivity index (χ3v) is 5.44. The molecule has 2 heterocycles. The Morgan fingerprint density at radius 1 is 1.06 bits per heavy atom. The number of rotatable bonds is 7. The highest BCUT2D eigenvalue weighted by atomic mass is 35.5. The summed E-state index contributed by atoms with van der Waals surface area (Å²) in [7, 11) is 0. The van der Waals surface area contributed by atoms with Crippen molar-refractivity contribution in [3.8, 4) is 11.5 Å². The number of hydrogen-bond donors (Lipinski definition) is 3. The summed E-state index contributed by atoms with van der Waals surface area (Å²) in [6, 6.07) is 11.6. The minimum atomic E-state index is -0.674. The van der Waals surface area contributed by atoms with Gasteiger partial charge < -0.3 is 30.0 Å². The van der Waals surface area contributed by atoms with E-state index in [1.807, 2.05) is 12.1 Å². The second-order valence-electron chi connectivity index (χ2n) is 7.46. The van der Waals surface area contributed by atoms with Gasteiger partial charge in [-0.2, -0.15) is 0 Å². The Morgan fingerprint density at radius 3 is 2.62 bits per heavy atom. The van der Waals surface area contributed by atoms with Crippen molar-refractivity contribution >= 4 is 23.4 Å². The number of benzene rings is 2. The van der Waals surface area contributed by atoms with Crippen molar-refractivity contribution in [2.24, 2.45) is 0 Å². The lowest BCUT2D eigenvalue weighted by atomic mass is 10.0. The molecule has 2 aromatic rings. The molecule has 168 valence electrons. The van der Waals surface area contributed by atoms with E-state index < -0.39 is 18.2 Å². The number of fused-ring (bicyclic) bond motifs is 1. The molecule has 0 fully saturated rings. The van der Waals surface area contributed by atoms with Crippen LogP contribution in [0.4, 0.5) is 0 Å². The van der Waals surface area contributed by atoms with Gasteiger partial charge in [0.25, 0.3) is 5.91 Å². The van der Waals surface area contributed by atoms with Crippen LogP contribution < -0.4 is 20.1 Å². The topological polar surface area (TPSA) is 106 Å². The van der Waals surface area contributed by atoms with Crippen molar-refractivity contribution in [2.45, 2.75) is 31.2 Å². The molecule has 0 saturated heterocycles. The van der Waals surface area contributed by atoms with Gasteiger partial charge in [0.05, 0.1) is 25.2 Å². The predicted molar refractivity (Wildman–Crippen MR) is 117 cm³/mol. The monoisotopic (exact) mass is 458 g/mol. The molecule has 9 heteroatoms. The smallest absolute Gasteiger partial charge is 0.251 e. The van der Waals surface area contributed by atoms with Gasteiger partial charge in [-0.25, -0.2) is 0 Å². The van der Waals surface area contributed by atoms with Crippen LogP contribution in [-0.2, 0) is 16.1 Å². The highest BCUT2D eigenvalue weighted by Crippen LogP contribution is 2.32. The number of aliphatic hydroxyl groups excluding tert-OH is 1. The summed E-state index contributed by atoms with van der Waals surface area (Å²) in [5, 5.41) is 16.0. The first-order valence-corrected chi connectivity index (χ1v) is 10.6. The summed E-state index contributed by atoms with van der Waals surface area (Å²) in [4.78, 5) is 24.9. The summed E-state index contributed by atoms with van der Waals surface area (Å²) in [6.45, 7) is 0.199. The Labute approximate surface area is 190 Å². The lowest BCUT2D eigenvalue weighted by molar-refractivity contribution is -0.125. The number of carbonyl (C=O) groups is 2. The number of aliphatic hydroxyl groups is 1. The van der Waals surface area contributed by atoms with Crippen LogP contribution in [0.5, 0.6) is 11.5 Å². The molecule has 2 aliphatic rings. The first-order valence-electron chi connectivity index (χ1n) is 10.2. The average molecular weight is 459 g/mol. The molecule has 2 amide bonds. The zero-order chi connectivity index (χ0) is 22.5. The zero-order valence-corrected chi connectivity index (χ0v) is 17.9. The van der Waals surface area contributed by atoms with Crippen molar-refractivity contribution in [1.29, 1.82) is 0 Å².